The minimum atomic E-state index is -0.0330. The quantitative estimate of drug-likeness (QED) is 0.494. The van der Waals surface area contributed by atoms with Crippen LogP contribution in [0.2, 0.25) is 0 Å². The molecule has 0 spiro atoms. The van der Waals surface area contributed by atoms with Crippen LogP contribution in [-0.4, -0.2) is 24.4 Å². The molecule has 2 fully saturated rings. The maximum absolute atomic E-state index is 5.49. The zero-order chi connectivity index (χ0) is 6.60. The second-order valence-corrected chi connectivity index (χ2v) is 2.96. The van der Waals surface area contributed by atoms with Gasteiger partial charge >= 0.3 is 0 Å². The zero-order valence-corrected chi connectivity index (χ0v) is 5.49. The zero-order valence-electron chi connectivity index (χ0n) is 5.49. The largest absolute Gasteiger partial charge is 0.369 e. The molecule has 0 radical (unpaired) electrons. The minimum absolute atomic E-state index is 0.0330. The predicted molar refractivity (Wildman–Crippen MR) is 35.6 cm³/mol. The van der Waals surface area contributed by atoms with Crippen molar-refractivity contribution >= 4 is 0 Å². The van der Waals surface area contributed by atoms with Crippen LogP contribution in [0.5, 0.6) is 0 Å². The number of fused-ring (bicyclic) bond motifs is 1. The molecule has 52 valence electrons. The molecule has 0 aromatic rings. The van der Waals surface area contributed by atoms with E-state index in [1.165, 1.54) is 0 Å². The average Bonchev–Trinajstić information content (AvgIpc) is 2.84. The first kappa shape index (κ1) is 5.10. The molecule has 0 N–H and O–H groups in total. The van der Waals surface area contributed by atoms with Gasteiger partial charge in [0.1, 0.15) is 17.8 Å². The van der Waals surface area contributed by atoms with Crippen LogP contribution in [0.3, 0.4) is 0 Å². The van der Waals surface area contributed by atoms with E-state index in [1.54, 1.807) is 0 Å². The van der Waals surface area contributed by atoms with Gasteiger partial charge in [0.05, 0.1) is 6.61 Å². The van der Waals surface area contributed by atoms with E-state index in [2.05, 4.69) is 12.2 Å². The summed E-state index contributed by atoms with van der Waals surface area (Å²) in [7, 11) is 0. The van der Waals surface area contributed by atoms with Gasteiger partial charge < -0.3 is 9.47 Å². The molecule has 2 heterocycles. The van der Waals surface area contributed by atoms with Gasteiger partial charge in [-0.05, 0) is 6.08 Å². The van der Waals surface area contributed by atoms with Gasteiger partial charge in [-0.25, -0.2) is 0 Å². The summed E-state index contributed by atoms with van der Waals surface area (Å²) in [6, 6.07) is 0. The molecule has 3 unspecified atom stereocenters. The summed E-state index contributed by atoms with van der Waals surface area (Å²) >= 11 is 0. The maximum atomic E-state index is 5.49. The highest BCUT2D eigenvalue weighted by Gasteiger charge is 2.64. The Labute approximate surface area is 59.1 Å². The summed E-state index contributed by atoms with van der Waals surface area (Å²) in [4.78, 5) is 0. The first-order valence-electron chi connectivity index (χ1n) is 3.57. The normalized spacial score (nSPS) is 54.4. The lowest BCUT2D eigenvalue weighted by atomic mass is 9.98. The SMILES string of the molecule is C1=CC2OC2(C2CO2)C=C1. The fourth-order valence-corrected chi connectivity index (χ4v) is 1.56. The van der Waals surface area contributed by atoms with Crippen molar-refractivity contribution < 1.29 is 9.47 Å². The molecule has 3 atom stereocenters. The molecule has 2 saturated heterocycles. The summed E-state index contributed by atoms with van der Waals surface area (Å²) in [6.07, 6.45) is 8.91. The van der Waals surface area contributed by atoms with E-state index in [9.17, 15) is 0 Å². The molecule has 0 amide bonds. The molecular weight excluding hydrogens is 128 g/mol. The lowest BCUT2D eigenvalue weighted by Crippen LogP contribution is -2.20. The summed E-state index contributed by atoms with van der Waals surface area (Å²) in [5.41, 5.74) is -0.0330. The van der Waals surface area contributed by atoms with E-state index in [0.29, 0.717) is 12.2 Å². The van der Waals surface area contributed by atoms with Crippen molar-refractivity contribution in [1.82, 2.24) is 0 Å². The monoisotopic (exact) mass is 136 g/mol. The fraction of sp³-hybridized carbons (Fsp3) is 0.500. The van der Waals surface area contributed by atoms with Crippen LogP contribution >= 0.6 is 0 Å². The Morgan fingerprint density at radius 2 is 2.30 bits per heavy atom. The molecular formula is C8H8O2. The van der Waals surface area contributed by atoms with Crippen LogP contribution in [0.1, 0.15) is 0 Å². The van der Waals surface area contributed by atoms with Gasteiger partial charge in [-0.15, -0.1) is 0 Å². The van der Waals surface area contributed by atoms with Crippen LogP contribution in [0.4, 0.5) is 0 Å². The Morgan fingerprint density at radius 3 is 3.00 bits per heavy atom. The molecule has 2 heteroatoms. The number of rotatable bonds is 1. The second-order valence-electron chi connectivity index (χ2n) is 2.96. The molecule has 2 nitrogen and oxygen atoms in total. The van der Waals surface area contributed by atoms with Crippen molar-refractivity contribution in [2.45, 2.75) is 17.8 Å². The smallest absolute Gasteiger partial charge is 0.145 e. The first-order chi connectivity index (χ1) is 4.92. The Balaban J connectivity index is 1.95. The van der Waals surface area contributed by atoms with Gasteiger partial charge in [-0.1, -0.05) is 18.2 Å². The van der Waals surface area contributed by atoms with Crippen molar-refractivity contribution in [2.24, 2.45) is 0 Å². The van der Waals surface area contributed by atoms with Gasteiger partial charge in [0.2, 0.25) is 0 Å². The van der Waals surface area contributed by atoms with Crippen LogP contribution in [0.15, 0.2) is 24.3 Å². The van der Waals surface area contributed by atoms with E-state index in [-0.39, 0.29) is 5.60 Å². The third-order valence-corrected chi connectivity index (χ3v) is 2.31. The van der Waals surface area contributed by atoms with E-state index in [4.69, 9.17) is 9.47 Å². The van der Waals surface area contributed by atoms with Crippen LogP contribution < -0.4 is 0 Å². The highest BCUT2D eigenvalue weighted by atomic mass is 16.7. The highest BCUT2D eigenvalue weighted by Crippen LogP contribution is 2.48. The Morgan fingerprint density at radius 1 is 1.40 bits per heavy atom. The van der Waals surface area contributed by atoms with Gasteiger partial charge in [0.25, 0.3) is 0 Å². The number of hydrogen-bond donors (Lipinski definition) is 0. The Kier molecular flexibility index (Phi) is 0.693. The molecule has 0 aromatic heterocycles. The molecule has 0 aromatic carbocycles. The van der Waals surface area contributed by atoms with E-state index >= 15 is 0 Å². The second kappa shape index (κ2) is 1.36. The van der Waals surface area contributed by atoms with Crippen molar-refractivity contribution in [3.63, 3.8) is 0 Å². The topological polar surface area (TPSA) is 25.1 Å². The summed E-state index contributed by atoms with van der Waals surface area (Å²) in [5.74, 6) is 0. The van der Waals surface area contributed by atoms with Gasteiger partial charge in [-0.2, -0.15) is 0 Å². The van der Waals surface area contributed by atoms with Crippen LogP contribution in [0.25, 0.3) is 0 Å². The summed E-state index contributed by atoms with van der Waals surface area (Å²) in [5, 5.41) is 0. The summed E-state index contributed by atoms with van der Waals surface area (Å²) in [6.45, 7) is 0.870. The lowest BCUT2D eigenvalue weighted by molar-refractivity contribution is 0.273. The van der Waals surface area contributed by atoms with Crippen molar-refractivity contribution in [3.8, 4) is 0 Å². The van der Waals surface area contributed by atoms with Crippen molar-refractivity contribution in [3.05, 3.63) is 24.3 Å². The Hall–Kier alpha value is -0.600. The van der Waals surface area contributed by atoms with Gasteiger partial charge in [0, 0.05) is 0 Å². The van der Waals surface area contributed by atoms with Crippen LogP contribution in [0, 0.1) is 0 Å². The number of ether oxygens (including phenoxy) is 2. The van der Waals surface area contributed by atoms with E-state index in [0.717, 1.165) is 6.61 Å². The van der Waals surface area contributed by atoms with E-state index < -0.39 is 0 Å². The number of allylic oxidation sites excluding steroid dienone is 2. The molecule has 0 bridgehead atoms. The molecule has 1 aliphatic carbocycles. The van der Waals surface area contributed by atoms with Crippen molar-refractivity contribution in [1.29, 1.82) is 0 Å². The van der Waals surface area contributed by atoms with Gasteiger partial charge in [0.15, 0.2) is 0 Å². The molecule has 2 aliphatic heterocycles. The standard InChI is InChI=1S/C8H8O2/c1-2-4-8(7-5-9-7)6(3-1)10-8/h1-4,6-7H,5H2. The molecule has 10 heavy (non-hydrogen) atoms. The predicted octanol–water partition coefficient (Wildman–Crippen LogP) is 0.649. The van der Waals surface area contributed by atoms with Crippen LogP contribution in [-0.2, 0) is 9.47 Å². The van der Waals surface area contributed by atoms with Gasteiger partial charge in [-0.3, -0.25) is 0 Å². The number of hydrogen-bond acceptors (Lipinski definition) is 2. The third-order valence-electron chi connectivity index (χ3n) is 2.31. The Bertz CT molecular complexity index is 227. The van der Waals surface area contributed by atoms with Crippen molar-refractivity contribution in [2.75, 3.05) is 6.61 Å². The third kappa shape index (κ3) is 0.470. The minimum Gasteiger partial charge on any atom is -0.369 e. The highest BCUT2D eigenvalue weighted by molar-refractivity contribution is 5.35. The van der Waals surface area contributed by atoms with E-state index in [1.807, 2.05) is 12.2 Å². The number of epoxide rings is 2. The molecule has 0 saturated carbocycles. The summed E-state index contributed by atoms with van der Waals surface area (Å²) < 4.78 is 10.7. The lowest BCUT2D eigenvalue weighted by Gasteiger charge is -2.02. The first-order valence-corrected chi connectivity index (χ1v) is 3.57. The fourth-order valence-electron chi connectivity index (χ4n) is 1.56. The average molecular weight is 136 g/mol. The maximum Gasteiger partial charge on any atom is 0.145 e. The molecule has 3 rings (SSSR count). The molecule has 3 aliphatic rings.